The lowest BCUT2D eigenvalue weighted by atomic mass is 10.3. The molecule has 12 heavy (non-hydrogen) atoms. The minimum Gasteiger partial charge on any atom is -0.301 e. The van der Waals surface area contributed by atoms with Crippen LogP contribution in [0.3, 0.4) is 0 Å². The zero-order chi connectivity index (χ0) is 8.97. The van der Waals surface area contributed by atoms with Gasteiger partial charge in [0.2, 0.25) is 0 Å². The van der Waals surface area contributed by atoms with Crippen molar-refractivity contribution < 1.29 is 0 Å². The Hall–Kier alpha value is 0.140. The Morgan fingerprint density at radius 3 is 2.92 bits per heavy atom. The fourth-order valence-corrected chi connectivity index (χ4v) is 2.34. The third kappa shape index (κ3) is 3.70. The third-order valence-electron chi connectivity index (χ3n) is 1.60. The first-order valence-electron chi connectivity index (χ1n) is 4.02. The Morgan fingerprint density at radius 2 is 2.42 bits per heavy atom. The van der Waals surface area contributed by atoms with Crippen LogP contribution in [0, 0.1) is 0 Å². The van der Waals surface area contributed by atoms with E-state index in [1.165, 1.54) is 5.56 Å². The number of hydrogen-bond donors (Lipinski definition) is 0. The summed E-state index contributed by atoms with van der Waals surface area (Å²) in [4.78, 5) is 2.89. The molecule has 1 aromatic heterocycles. The van der Waals surface area contributed by atoms with Gasteiger partial charge in [-0.3, -0.25) is 0 Å². The van der Waals surface area contributed by atoms with E-state index < -0.39 is 0 Å². The SMILES string of the molecule is CC(Br)CN(C)Cc1ccsc1. The first-order valence-corrected chi connectivity index (χ1v) is 5.88. The molecule has 0 aromatic carbocycles. The van der Waals surface area contributed by atoms with E-state index in [0.29, 0.717) is 4.83 Å². The second-order valence-corrected chi connectivity index (χ2v) is 5.45. The predicted octanol–water partition coefficient (Wildman–Crippen LogP) is 2.96. The highest BCUT2D eigenvalue weighted by Gasteiger charge is 2.03. The quantitative estimate of drug-likeness (QED) is 0.740. The predicted molar refractivity (Wildman–Crippen MR) is 59.0 cm³/mol. The van der Waals surface area contributed by atoms with Crippen LogP contribution in [0.1, 0.15) is 12.5 Å². The molecule has 1 heterocycles. The Morgan fingerprint density at radius 1 is 1.67 bits per heavy atom. The van der Waals surface area contributed by atoms with Gasteiger partial charge in [-0.2, -0.15) is 11.3 Å². The largest absolute Gasteiger partial charge is 0.301 e. The summed E-state index contributed by atoms with van der Waals surface area (Å²) in [6.07, 6.45) is 0. The van der Waals surface area contributed by atoms with E-state index in [0.717, 1.165) is 13.1 Å². The fraction of sp³-hybridized carbons (Fsp3) is 0.556. The second kappa shape index (κ2) is 5.00. The molecule has 1 nitrogen and oxygen atoms in total. The molecule has 0 aliphatic rings. The molecule has 0 bridgehead atoms. The van der Waals surface area contributed by atoms with Gasteiger partial charge in [-0.25, -0.2) is 0 Å². The molecule has 0 fully saturated rings. The van der Waals surface area contributed by atoms with Gasteiger partial charge in [0.25, 0.3) is 0 Å². The van der Waals surface area contributed by atoms with E-state index in [4.69, 9.17) is 0 Å². The van der Waals surface area contributed by atoms with Crippen LogP contribution in [0.4, 0.5) is 0 Å². The van der Waals surface area contributed by atoms with E-state index in [9.17, 15) is 0 Å². The molecular formula is C9H14BrNS. The molecule has 1 atom stereocenters. The van der Waals surface area contributed by atoms with Crippen molar-refractivity contribution >= 4 is 27.3 Å². The van der Waals surface area contributed by atoms with E-state index in [-0.39, 0.29) is 0 Å². The van der Waals surface area contributed by atoms with Crippen LogP contribution in [0.25, 0.3) is 0 Å². The molecule has 1 aromatic rings. The van der Waals surface area contributed by atoms with Crippen LogP contribution in [-0.4, -0.2) is 23.3 Å². The van der Waals surface area contributed by atoms with Crippen LogP contribution in [-0.2, 0) is 6.54 Å². The van der Waals surface area contributed by atoms with Gasteiger partial charge in [-0.15, -0.1) is 0 Å². The highest BCUT2D eigenvalue weighted by Crippen LogP contribution is 2.09. The van der Waals surface area contributed by atoms with Gasteiger partial charge >= 0.3 is 0 Å². The smallest absolute Gasteiger partial charge is 0.0244 e. The molecule has 1 rings (SSSR count). The monoisotopic (exact) mass is 247 g/mol. The lowest BCUT2D eigenvalue weighted by molar-refractivity contribution is 0.333. The van der Waals surface area contributed by atoms with Crippen LogP contribution >= 0.6 is 27.3 Å². The number of hydrogen-bond acceptors (Lipinski definition) is 2. The van der Waals surface area contributed by atoms with Crippen molar-refractivity contribution in [1.29, 1.82) is 0 Å². The van der Waals surface area contributed by atoms with Crippen molar-refractivity contribution in [2.75, 3.05) is 13.6 Å². The standard InChI is InChI=1S/C9H14BrNS/c1-8(10)5-11(2)6-9-3-4-12-7-9/h3-4,7-8H,5-6H2,1-2H3. The molecule has 0 saturated carbocycles. The molecule has 0 N–H and O–H groups in total. The van der Waals surface area contributed by atoms with Crippen molar-refractivity contribution in [2.24, 2.45) is 0 Å². The maximum absolute atomic E-state index is 3.54. The highest BCUT2D eigenvalue weighted by molar-refractivity contribution is 9.09. The van der Waals surface area contributed by atoms with Crippen molar-refractivity contribution in [3.8, 4) is 0 Å². The summed E-state index contributed by atoms with van der Waals surface area (Å²) in [5.41, 5.74) is 1.41. The van der Waals surface area contributed by atoms with Crippen LogP contribution in [0.15, 0.2) is 16.8 Å². The van der Waals surface area contributed by atoms with Crippen LogP contribution in [0.5, 0.6) is 0 Å². The Labute approximate surface area is 86.5 Å². The van der Waals surface area contributed by atoms with Crippen molar-refractivity contribution in [2.45, 2.75) is 18.3 Å². The number of alkyl halides is 1. The maximum Gasteiger partial charge on any atom is 0.0244 e. The average molecular weight is 248 g/mol. The topological polar surface area (TPSA) is 3.24 Å². The normalized spacial score (nSPS) is 13.7. The van der Waals surface area contributed by atoms with Gasteiger partial charge < -0.3 is 4.90 Å². The van der Waals surface area contributed by atoms with E-state index in [2.05, 4.69) is 51.6 Å². The number of thiophene rings is 1. The van der Waals surface area contributed by atoms with Gasteiger partial charge in [0, 0.05) is 17.9 Å². The summed E-state index contributed by atoms with van der Waals surface area (Å²) in [7, 11) is 2.15. The molecule has 0 spiro atoms. The van der Waals surface area contributed by atoms with Crippen LogP contribution in [0.2, 0.25) is 0 Å². The summed E-state index contributed by atoms with van der Waals surface area (Å²) in [6.45, 7) is 4.32. The molecule has 0 aliphatic heterocycles. The van der Waals surface area contributed by atoms with E-state index >= 15 is 0 Å². The Balaban J connectivity index is 2.32. The summed E-state index contributed by atoms with van der Waals surface area (Å²) in [5.74, 6) is 0. The third-order valence-corrected chi connectivity index (χ3v) is 2.62. The first-order chi connectivity index (χ1) is 5.68. The van der Waals surface area contributed by atoms with E-state index in [1.807, 2.05) is 0 Å². The lowest BCUT2D eigenvalue weighted by Gasteiger charge is -2.16. The average Bonchev–Trinajstić information content (AvgIpc) is 2.37. The molecule has 68 valence electrons. The number of halogens is 1. The molecule has 3 heteroatoms. The summed E-state index contributed by atoms with van der Waals surface area (Å²) < 4.78 is 0. The van der Waals surface area contributed by atoms with Crippen LogP contribution < -0.4 is 0 Å². The fourth-order valence-electron chi connectivity index (χ4n) is 1.19. The lowest BCUT2D eigenvalue weighted by Crippen LogP contribution is -2.23. The zero-order valence-corrected chi connectivity index (χ0v) is 9.86. The summed E-state index contributed by atoms with van der Waals surface area (Å²) >= 11 is 5.30. The van der Waals surface area contributed by atoms with Gasteiger partial charge in [-0.1, -0.05) is 22.9 Å². The molecule has 0 saturated heterocycles. The molecule has 1 unspecified atom stereocenters. The van der Waals surface area contributed by atoms with Gasteiger partial charge in [-0.05, 0) is 29.4 Å². The van der Waals surface area contributed by atoms with E-state index in [1.54, 1.807) is 11.3 Å². The summed E-state index contributed by atoms with van der Waals surface area (Å²) in [6, 6.07) is 2.18. The number of nitrogens with zero attached hydrogens (tertiary/aromatic N) is 1. The summed E-state index contributed by atoms with van der Waals surface area (Å²) in [5, 5.41) is 4.33. The first kappa shape index (κ1) is 10.2. The zero-order valence-electron chi connectivity index (χ0n) is 7.46. The maximum atomic E-state index is 3.54. The van der Waals surface area contributed by atoms with Crippen molar-refractivity contribution in [3.05, 3.63) is 22.4 Å². The Bertz CT molecular complexity index is 208. The Kier molecular flexibility index (Phi) is 4.26. The minimum absolute atomic E-state index is 0.570. The highest BCUT2D eigenvalue weighted by atomic mass is 79.9. The van der Waals surface area contributed by atoms with Crippen molar-refractivity contribution in [3.63, 3.8) is 0 Å². The minimum atomic E-state index is 0.570. The van der Waals surface area contributed by atoms with Gasteiger partial charge in [0.15, 0.2) is 0 Å². The van der Waals surface area contributed by atoms with Gasteiger partial charge in [0.1, 0.15) is 0 Å². The van der Waals surface area contributed by atoms with Gasteiger partial charge in [0.05, 0.1) is 0 Å². The molecule has 0 radical (unpaired) electrons. The number of rotatable bonds is 4. The molecular weight excluding hydrogens is 234 g/mol. The molecule has 0 amide bonds. The van der Waals surface area contributed by atoms with Crippen molar-refractivity contribution in [1.82, 2.24) is 4.90 Å². The molecule has 0 aliphatic carbocycles. The second-order valence-electron chi connectivity index (χ2n) is 3.11.